The van der Waals surface area contributed by atoms with E-state index < -0.39 is 22.6 Å². The molecule has 0 saturated heterocycles. The number of ether oxygens (including phenoxy) is 2. The predicted molar refractivity (Wildman–Crippen MR) is 89.5 cm³/mol. The summed E-state index contributed by atoms with van der Waals surface area (Å²) >= 11 is 0. The quantitative estimate of drug-likeness (QED) is 0.707. The van der Waals surface area contributed by atoms with Gasteiger partial charge in [-0.15, -0.1) is 0 Å². The number of rotatable bonds is 8. The SMILES string of the molecule is CCNS(=O)(=O)c1ccc(C(=O)OCc2ccccc2OC(F)F)cc1. The second-order valence-corrected chi connectivity index (χ2v) is 6.86. The van der Waals surface area contributed by atoms with Crippen molar-refractivity contribution >= 4 is 16.0 Å². The molecule has 140 valence electrons. The van der Waals surface area contributed by atoms with Crippen molar-refractivity contribution in [2.75, 3.05) is 6.54 Å². The second kappa shape index (κ2) is 8.72. The molecule has 0 atom stereocenters. The number of alkyl halides is 2. The molecule has 26 heavy (non-hydrogen) atoms. The molecule has 0 amide bonds. The minimum atomic E-state index is -3.61. The second-order valence-electron chi connectivity index (χ2n) is 5.09. The van der Waals surface area contributed by atoms with Crippen LogP contribution in [-0.2, 0) is 21.4 Å². The summed E-state index contributed by atoms with van der Waals surface area (Å²) in [5.41, 5.74) is 0.417. The van der Waals surface area contributed by atoms with Gasteiger partial charge in [-0.1, -0.05) is 25.1 Å². The number of sulfonamides is 1. The first kappa shape index (κ1) is 19.8. The third kappa shape index (κ3) is 5.24. The number of halogens is 2. The zero-order chi connectivity index (χ0) is 19.2. The van der Waals surface area contributed by atoms with E-state index in [2.05, 4.69) is 9.46 Å². The Morgan fingerprint density at radius 3 is 2.38 bits per heavy atom. The van der Waals surface area contributed by atoms with Crippen molar-refractivity contribution in [2.24, 2.45) is 0 Å². The van der Waals surface area contributed by atoms with Gasteiger partial charge in [-0.2, -0.15) is 8.78 Å². The van der Waals surface area contributed by atoms with Crippen LogP contribution in [0, 0.1) is 0 Å². The Balaban J connectivity index is 2.05. The van der Waals surface area contributed by atoms with Crippen LogP contribution in [0.5, 0.6) is 5.75 Å². The summed E-state index contributed by atoms with van der Waals surface area (Å²) < 4.78 is 60.2. The Morgan fingerprint density at radius 2 is 1.77 bits per heavy atom. The van der Waals surface area contributed by atoms with Crippen LogP contribution in [0.4, 0.5) is 8.78 Å². The Labute approximate surface area is 149 Å². The molecule has 2 aromatic carbocycles. The van der Waals surface area contributed by atoms with E-state index in [0.29, 0.717) is 0 Å². The predicted octanol–water partition coefficient (Wildman–Crippen LogP) is 2.94. The van der Waals surface area contributed by atoms with Crippen LogP contribution in [0.15, 0.2) is 53.4 Å². The maximum Gasteiger partial charge on any atom is 0.387 e. The summed E-state index contributed by atoms with van der Waals surface area (Å²) in [5, 5.41) is 0. The lowest BCUT2D eigenvalue weighted by Gasteiger charge is -2.11. The molecule has 6 nitrogen and oxygen atoms in total. The monoisotopic (exact) mass is 385 g/mol. The third-order valence-corrected chi connectivity index (χ3v) is 4.84. The van der Waals surface area contributed by atoms with E-state index in [1.54, 1.807) is 13.0 Å². The molecule has 0 aliphatic carbocycles. The van der Waals surface area contributed by atoms with Crippen molar-refractivity contribution in [3.8, 4) is 5.75 Å². The topological polar surface area (TPSA) is 81.7 Å². The van der Waals surface area contributed by atoms with E-state index in [-0.39, 0.29) is 34.9 Å². The molecule has 0 radical (unpaired) electrons. The highest BCUT2D eigenvalue weighted by Crippen LogP contribution is 2.21. The first-order chi connectivity index (χ1) is 12.3. The van der Waals surface area contributed by atoms with E-state index in [1.807, 2.05) is 0 Å². The number of benzene rings is 2. The Kier molecular flexibility index (Phi) is 6.64. The lowest BCUT2D eigenvalue weighted by Crippen LogP contribution is -2.23. The third-order valence-electron chi connectivity index (χ3n) is 3.28. The summed E-state index contributed by atoms with van der Waals surface area (Å²) in [5.74, 6) is -0.799. The van der Waals surface area contributed by atoms with Gasteiger partial charge in [0.25, 0.3) is 0 Å². The number of esters is 1. The molecule has 0 heterocycles. The van der Waals surface area contributed by atoms with Crippen molar-refractivity contribution in [2.45, 2.75) is 25.0 Å². The molecule has 0 spiro atoms. The summed E-state index contributed by atoms with van der Waals surface area (Å²) in [6.07, 6.45) is 0. The number of hydrogen-bond donors (Lipinski definition) is 1. The van der Waals surface area contributed by atoms with Crippen molar-refractivity contribution in [1.29, 1.82) is 0 Å². The van der Waals surface area contributed by atoms with Crippen molar-refractivity contribution < 1.29 is 31.5 Å². The summed E-state index contributed by atoms with van der Waals surface area (Å²) in [6, 6.07) is 11.1. The van der Waals surface area contributed by atoms with Gasteiger partial charge >= 0.3 is 12.6 Å². The number of hydrogen-bond acceptors (Lipinski definition) is 5. The van der Waals surface area contributed by atoms with Gasteiger partial charge in [-0.05, 0) is 30.3 Å². The van der Waals surface area contributed by atoms with Gasteiger partial charge in [0, 0.05) is 12.1 Å². The highest BCUT2D eigenvalue weighted by Gasteiger charge is 2.15. The molecule has 0 fully saturated rings. The average Bonchev–Trinajstić information content (AvgIpc) is 2.60. The van der Waals surface area contributed by atoms with Crippen LogP contribution < -0.4 is 9.46 Å². The molecule has 0 bridgehead atoms. The minimum Gasteiger partial charge on any atom is -0.457 e. The lowest BCUT2D eigenvalue weighted by atomic mass is 10.2. The zero-order valence-electron chi connectivity index (χ0n) is 13.8. The van der Waals surface area contributed by atoms with E-state index in [0.717, 1.165) is 0 Å². The summed E-state index contributed by atoms with van der Waals surface area (Å²) in [4.78, 5) is 12.1. The number of carbonyl (C=O) groups excluding carboxylic acids is 1. The van der Waals surface area contributed by atoms with Crippen LogP contribution in [0.2, 0.25) is 0 Å². The van der Waals surface area contributed by atoms with Gasteiger partial charge in [0.2, 0.25) is 10.0 Å². The largest absolute Gasteiger partial charge is 0.457 e. The molecule has 1 N–H and O–H groups in total. The molecular formula is C17H17F2NO5S. The van der Waals surface area contributed by atoms with Crippen molar-refractivity contribution in [1.82, 2.24) is 4.72 Å². The van der Waals surface area contributed by atoms with Crippen LogP contribution in [0.3, 0.4) is 0 Å². The van der Waals surface area contributed by atoms with E-state index in [9.17, 15) is 22.0 Å². The molecule has 0 aromatic heterocycles. The Hall–Kier alpha value is -2.52. The highest BCUT2D eigenvalue weighted by atomic mass is 32.2. The van der Waals surface area contributed by atoms with Gasteiger partial charge in [0.05, 0.1) is 10.5 Å². The fraction of sp³-hybridized carbons (Fsp3) is 0.235. The molecule has 2 rings (SSSR count). The smallest absolute Gasteiger partial charge is 0.387 e. The number of nitrogens with one attached hydrogen (secondary N) is 1. The molecule has 0 saturated carbocycles. The molecule has 0 aliphatic heterocycles. The molecule has 9 heteroatoms. The highest BCUT2D eigenvalue weighted by molar-refractivity contribution is 7.89. The first-order valence-electron chi connectivity index (χ1n) is 7.63. The average molecular weight is 385 g/mol. The fourth-order valence-electron chi connectivity index (χ4n) is 2.10. The standard InChI is InChI=1S/C17H17F2NO5S/c1-2-20-26(22,23)14-9-7-12(8-10-14)16(21)24-11-13-5-3-4-6-15(13)25-17(18)19/h3-10,17,20H,2,11H2,1H3. The van der Waals surface area contributed by atoms with Gasteiger partial charge in [-0.3, -0.25) is 0 Å². The fourth-order valence-corrected chi connectivity index (χ4v) is 3.15. The number of carbonyl (C=O) groups is 1. The molecular weight excluding hydrogens is 368 g/mol. The van der Waals surface area contributed by atoms with Crippen LogP contribution in [0.25, 0.3) is 0 Å². The summed E-state index contributed by atoms with van der Waals surface area (Å²) in [7, 11) is -3.61. The van der Waals surface area contributed by atoms with Crippen molar-refractivity contribution in [3.63, 3.8) is 0 Å². The normalized spacial score (nSPS) is 11.4. The van der Waals surface area contributed by atoms with Gasteiger partial charge < -0.3 is 9.47 Å². The van der Waals surface area contributed by atoms with E-state index >= 15 is 0 Å². The zero-order valence-corrected chi connectivity index (χ0v) is 14.6. The van der Waals surface area contributed by atoms with Crippen LogP contribution in [0.1, 0.15) is 22.8 Å². The van der Waals surface area contributed by atoms with E-state index in [4.69, 9.17) is 4.74 Å². The van der Waals surface area contributed by atoms with Crippen LogP contribution in [-0.4, -0.2) is 27.5 Å². The Bertz CT molecular complexity index is 854. The maximum absolute atomic E-state index is 12.4. The summed E-state index contributed by atoms with van der Waals surface area (Å²) in [6.45, 7) is -1.36. The van der Waals surface area contributed by atoms with Gasteiger partial charge in [0.1, 0.15) is 12.4 Å². The Morgan fingerprint density at radius 1 is 1.12 bits per heavy atom. The number of para-hydroxylation sites is 1. The lowest BCUT2D eigenvalue weighted by molar-refractivity contribution is -0.0510. The maximum atomic E-state index is 12.4. The molecule has 0 aliphatic rings. The van der Waals surface area contributed by atoms with Gasteiger partial charge in [-0.25, -0.2) is 17.9 Å². The minimum absolute atomic E-state index is 0.0200. The van der Waals surface area contributed by atoms with Crippen LogP contribution >= 0.6 is 0 Å². The molecule has 0 unspecified atom stereocenters. The van der Waals surface area contributed by atoms with Gasteiger partial charge in [0.15, 0.2) is 0 Å². The van der Waals surface area contributed by atoms with E-state index in [1.165, 1.54) is 42.5 Å². The molecule has 2 aromatic rings. The first-order valence-corrected chi connectivity index (χ1v) is 9.11. The van der Waals surface area contributed by atoms with Crippen molar-refractivity contribution in [3.05, 3.63) is 59.7 Å².